The number of urea groups is 1. The van der Waals surface area contributed by atoms with Crippen LogP contribution in [0.15, 0.2) is 53.7 Å². The van der Waals surface area contributed by atoms with E-state index in [1.54, 1.807) is 0 Å². The predicted molar refractivity (Wildman–Crippen MR) is 106 cm³/mol. The predicted octanol–water partition coefficient (Wildman–Crippen LogP) is 4.93. The fraction of sp³-hybridized carbons (Fsp3) is 0.333. The normalized spacial score (nSPS) is 11.7. The molecule has 2 aromatic rings. The van der Waals surface area contributed by atoms with Crippen molar-refractivity contribution in [2.24, 2.45) is 5.16 Å². The lowest BCUT2D eigenvalue weighted by Gasteiger charge is -2.20. The quantitative estimate of drug-likeness (QED) is 0.391. The highest BCUT2D eigenvalue weighted by Gasteiger charge is 2.16. The number of hydrogen-bond donors (Lipinski definition) is 3. The standard InChI is InChI=1S/C21H27N3O2/c1-14(2)17-11-8-12-18(15(3)4)20(17)23-21(25)22-13-19(24-26)16-9-6-5-7-10-16/h5-12,14-15,26H,13H2,1-4H3,(H2,22,23,25). The Labute approximate surface area is 155 Å². The first-order chi connectivity index (χ1) is 12.4. The second kappa shape index (κ2) is 9.04. The lowest BCUT2D eigenvalue weighted by Crippen LogP contribution is -2.34. The summed E-state index contributed by atoms with van der Waals surface area (Å²) in [5.74, 6) is 0.589. The Bertz CT molecular complexity index is 742. The maximum atomic E-state index is 12.5. The van der Waals surface area contributed by atoms with Gasteiger partial charge in [0.25, 0.3) is 0 Å². The number of carbonyl (C=O) groups excluding carboxylic acids is 1. The Morgan fingerprint density at radius 2 is 1.54 bits per heavy atom. The third-order valence-electron chi connectivity index (χ3n) is 4.26. The molecule has 2 rings (SSSR count). The molecule has 0 aliphatic carbocycles. The van der Waals surface area contributed by atoms with E-state index in [1.807, 2.05) is 48.5 Å². The molecule has 2 amide bonds. The number of nitrogens with zero attached hydrogens (tertiary/aromatic N) is 1. The van der Waals surface area contributed by atoms with Crippen LogP contribution in [0.25, 0.3) is 0 Å². The molecule has 5 heteroatoms. The van der Waals surface area contributed by atoms with Gasteiger partial charge >= 0.3 is 6.03 Å². The molecular formula is C21H27N3O2. The molecule has 0 fully saturated rings. The van der Waals surface area contributed by atoms with Crippen molar-refractivity contribution in [3.05, 3.63) is 65.2 Å². The number of hydrogen-bond acceptors (Lipinski definition) is 3. The molecule has 0 spiro atoms. The number of amides is 2. The van der Waals surface area contributed by atoms with Crippen LogP contribution < -0.4 is 10.6 Å². The van der Waals surface area contributed by atoms with Crippen molar-refractivity contribution in [2.75, 3.05) is 11.9 Å². The van der Waals surface area contributed by atoms with E-state index in [9.17, 15) is 10.0 Å². The number of rotatable bonds is 6. The molecular weight excluding hydrogens is 326 g/mol. The van der Waals surface area contributed by atoms with Crippen molar-refractivity contribution < 1.29 is 10.0 Å². The first-order valence-corrected chi connectivity index (χ1v) is 8.88. The van der Waals surface area contributed by atoms with Gasteiger partial charge in [0.1, 0.15) is 5.71 Å². The number of anilines is 1. The van der Waals surface area contributed by atoms with Gasteiger partial charge in [0.05, 0.1) is 6.54 Å². The Morgan fingerprint density at radius 3 is 2.04 bits per heavy atom. The third kappa shape index (κ3) is 4.85. The van der Waals surface area contributed by atoms with Gasteiger partial charge in [-0.25, -0.2) is 4.79 Å². The zero-order chi connectivity index (χ0) is 19.1. The Morgan fingerprint density at radius 1 is 0.962 bits per heavy atom. The van der Waals surface area contributed by atoms with Gasteiger partial charge in [-0.05, 0) is 23.0 Å². The van der Waals surface area contributed by atoms with E-state index in [1.165, 1.54) is 0 Å². The highest BCUT2D eigenvalue weighted by atomic mass is 16.4. The first-order valence-electron chi connectivity index (χ1n) is 8.88. The Hall–Kier alpha value is -2.82. The second-order valence-electron chi connectivity index (χ2n) is 6.84. The van der Waals surface area contributed by atoms with E-state index in [0.717, 1.165) is 22.4 Å². The monoisotopic (exact) mass is 353 g/mol. The highest BCUT2D eigenvalue weighted by Crippen LogP contribution is 2.32. The van der Waals surface area contributed by atoms with Gasteiger partial charge in [-0.2, -0.15) is 0 Å². The number of oxime groups is 1. The summed E-state index contributed by atoms with van der Waals surface area (Å²) in [6, 6.07) is 15.0. The molecule has 0 unspecified atom stereocenters. The fourth-order valence-electron chi connectivity index (χ4n) is 2.84. The van der Waals surface area contributed by atoms with Crippen LogP contribution in [0.5, 0.6) is 0 Å². The Kier molecular flexibility index (Phi) is 6.78. The summed E-state index contributed by atoms with van der Waals surface area (Å²) in [5.41, 5.74) is 4.23. The fourth-order valence-corrected chi connectivity index (χ4v) is 2.84. The van der Waals surface area contributed by atoms with Gasteiger partial charge in [0.15, 0.2) is 0 Å². The molecule has 0 heterocycles. The maximum Gasteiger partial charge on any atom is 0.319 e. The van der Waals surface area contributed by atoms with Crippen LogP contribution in [0.2, 0.25) is 0 Å². The van der Waals surface area contributed by atoms with E-state index in [0.29, 0.717) is 17.5 Å². The lowest BCUT2D eigenvalue weighted by atomic mass is 9.93. The van der Waals surface area contributed by atoms with Crippen LogP contribution in [-0.2, 0) is 0 Å². The number of nitrogens with one attached hydrogen (secondary N) is 2. The van der Waals surface area contributed by atoms with Crippen molar-refractivity contribution in [2.45, 2.75) is 39.5 Å². The summed E-state index contributed by atoms with van der Waals surface area (Å²) in [7, 11) is 0. The number of para-hydroxylation sites is 1. The van der Waals surface area contributed by atoms with Crippen molar-refractivity contribution in [1.82, 2.24) is 5.32 Å². The first kappa shape index (κ1) is 19.5. The molecule has 0 atom stereocenters. The summed E-state index contributed by atoms with van der Waals surface area (Å²) in [6.07, 6.45) is 0. The Balaban J connectivity index is 2.13. The van der Waals surface area contributed by atoms with Gasteiger partial charge in [-0.1, -0.05) is 81.4 Å². The third-order valence-corrected chi connectivity index (χ3v) is 4.26. The lowest BCUT2D eigenvalue weighted by molar-refractivity contribution is 0.253. The minimum Gasteiger partial charge on any atom is -0.411 e. The molecule has 0 radical (unpaired) electrons. The van der Waals surface area contributed by atoms with Crippen LogP contribution in [0.3, 0.4) is 0 Å². The van der Waals surface area contributed by atoms with Gasteiger partial charge in [-0.3, -0.25) is 0 Å². The molecule has 5 nitrogen and oxygen atoms in total. The van der Waals surface area contributed by atoms with Crippen LogP contribution in [0, 0.1) is 0 Å². The molecule has 0 saturated heterocycles. The smallest absolute Gasteiger partial charge is 0.319 e. The van der Waals surface area contributed by atoms with Crippen molar-refractivity contribution >= 4 is 17.4 Å². The average Bonchev–Trinajstić information content (AvgIpc) is 2.63. The van der Waals surface area contributed by atoms with Crippen molar-refractivity contribution in [1.29, 1.82) is 0 Å². The minimum atomic E-state index is -0.322. The molecule has 0 saturated carbocycles. The topological polar surface area (TPSA) is 73.7 Å². The minimum absolute atomic E-state index is 0.132. The van der Waals surface area contributed by atoms with Crippen LogP contribution in [0.1, 0.15) is 56.2 Å². The number of benzene rings is 2. The second-order valence-corrected chi connectivity index (χ2v) is 6.84. The molecule has 0 bridgehead atoms. The summed E-state index contributed by atoms with van der Waals surface area (Å²) in [6.45, 7) is 8.55. The van der Waals surface area contributed by atoms with E-state index in [4.69, 9.17) is 0 Å². The molecule has 138 valence electrons. The molecule has 26 heavy (non-hydrogen) atoms. The summed E-state index contributed by atoms with van der Waals surface area (Å²) in [4.78, 5) is 12.5. The summed E-state index contributed by atoms with van der Waals surface area (Å²) >= 11 is 0. The zero-order valence-electron chi connectivity index (χ0n) is 15.8. The van der Waals surface area contributed by atoms with E-state index < -0.39 is 0 Å². The zero-order valence-corrected chi connectivity index (χ0v) is 15.8. The molecule has 3 N–H and O–H groups in total. The number of carbonyl (C=O) groups is 1. The van der Waals surface area contributed by atoms with Gasteiger partial charge in [-0.15, -0.1) is 0 Å². The van der Waals surface area contributed by atoms with E-state index in [-0.39, 0.29) is 12.6 Å². The average molecular weight is 353 g/mol. The van der Waals surface area contributed by atoms with Crippen LogP contribution in [0.4, 0.5) is 10.5 Å². The van der Waals surface area contributed by atoms with Gasteiger partial charge in [0.2, 0.25) is 0 Å². The van der Waals surface area contributed by atoms with Crippen LogP contribution >= 0.6 is 0 Å². The molecule has 0 aliphatic rings. The summed E-state index contributed by atoms with van der Waals surface area (Å²) in [5, 5.41) is 18.3. The van der Waals surface area contributed by atoms with Gasteiger partial charge in [0, 0.05) is 11.3 Å². The van der Waals surface area contributed by atoms with Crippen LogP contribution in [-0.4, -0.2) is 23.5 Å². The highest BCUT2D eigenvalue weighted by molar-refractivity contribution is 6.04. The summed E-state index contributed by atoms with van der Waals surface area (Å²) < 4.78 is 0. The maximum absolute atomic E-state index is 12.5. The van der Waals surface area contributed by atoms with Crippen molar-refractivity contribution in [3.63, 3.8) is 0 Å². The molecule has 0 aliphatic heterocycles. The molecule has 0 aromatic heterocycles. The van der Waals surface area contributed by atoms with Gasteiger partial charge < -0.3 is 15.8 Å². The SMILES string of the molecule is CC(C)c1cccc(C(C)C)c1NC(=O)NCC(=NO)c1ccccc1. The van der Waals surface area contributed by atoms with E-state index >= 15 is 0 Å². The van der Waals surface area contributed by atoms with Crippen molar-refractivity contribution in [3.8, 4) is 0 Å². The van der Waals surface area contributed by atoms with E-state index in [2.05, 4.69) is 43.5 Å². The molecule has 2 aromatic carbocycles. The largest absolute Gasteiger partial charge is 0.411 e.